The van der Waals surface area contributed by atoms with Crippen molar-refractivity contribution in [2.45, 2.75) is 25.3 Å². The van der Waals surface area contributed by atoms with Crippen molar-refractivity contribution in [2.24, 2.45) is 0 Å². The number of carbonyl (C=O) groups is 1. The zero-order chi connectivity index (χ0) is 21.9. The number of aryl methyl sites for hydroxylation is 1. The molecule has 0 aliphatic carbocycles. The van der Waals surface area contributed by atoms with E-state index in [2.05, 4.69) is 26.6 Å². The summed E-state index contributed by atoms with van der Waals surface area (Å²) >= 11 is 3.51. The Hall–Kier alpha value is -3.12. The lowest BCUT2D eigenvalue weighted by atomic mass is 10.1. The number of carbonyl (C=O) groups excluding carboxylic acids is 1. The lowest BCUT2D eigenvalue weighted by Gasteiger charge is -2.18. The summed E-state index contributed by atoms with van der Waals surface area (Å²) in [6, 6.07) is 26.0. The van der Waals surface area contributed by atoms with Gasteiger partial charge in [-0.05, 0) is 48.9 Å². The van der Waals surface area contributed by atoms with Gasteiger partial charge in [-0.15, -0.1) is 0 Å². The maximum Gasteiger partial charge on any atom is 0.227 e. The Morgan fingerprint density at radius 2 is 1.81 bits per heavy atom. The average molecular weight is 490 g/mol. The predicted octanol–water partition coefficient (Wildman–Crippen LogP) is 5.79. The number of nitrogens with zero attached hydrogens (tertiary/aromatic N) is 3. The molecule has 3 aromatic carbocycles. The first-order valence-electron chi connectivity index (χ1n) is 10.9. The van der Waals surface area contributed by atoms with E-state index in [1.165, 1.54) is 0 Å². The van der Waals surface area contributed by atoms with Gasteiger partial charge in [-0.2, -0.15) is 0 Å². The SMILES string of the molecule is O=C1CC(c2nc3ccccc3n2CCCOc2ccccc2)CN1c1cccc(Br)c1. The molecule has 1 aromatic heterocycles. The normalized spacial score (nSPS) is 16.1. The largest absolute Gasteiger partial charge is 0.494 e. The topological polar surface area (TPSA) is 47.4 Å². The highest BCUT2D eigenvalue weighted by Crippen LogP contribution is 2.34. The standard InChI is InChI=1S/C26H24BrN3O2/c27-20-8-6-9-21(17-20)30-18-19(16-25(30)31)26-28-23-12-4-5-13-24(23)29(26)14-7-15-32-22-10-2-1-3-11-22/h1-6,8-13,17,19H,7,14-16,18H2. The smallest absolute Gasteiger partial charge is 0.227 e. The fourth-order valence-electron chi connectivity index (χ4n) is 4.34. The van der Waals surface area contributed by atoms with Crippen LogP contribution in [0.3, 0.4) is 0 Å². The van der Waals surface area contributed by atoms with E-state index in [0.717, 1.165) is 45.7 Å². The van der Waals surface area contributed by atoms with Crippen LogP contribution in [0.4, 0.5) is 5.69 Å². The molecule has 1 atom stereocenters. The van der Waals surface area contributed by atoms with Crippen LogP contribution in [0, 0.1) is 0 Å². The van der Waals surface area contributed by atoms with Crippen molar-refractivity contribution >= 4 is 38.6 Å². The highest BCUT2D eigenvalue weighted by Gasteiger charge is 2.34. The maximum atomic E-state index is 12.9. The van der Waals surface area contributed by atoms with Crippen LogP contribution in [0.2, 0.25) is 0 Å². The minimum Gasteiger partial charge on any atom is -0.494 e. The van der Waals surface area contributed by atoms with Gasteiger partial charge < -0.3 is 14.2 Å². The molecule has 0 spiro atoms. The van der Waals surface area contributed by atoms with Crippen molar-refractivity contribution < 1.29 is 9.53 Å². The van der Waals surface area contributed by atoms with Gasteiger partial charge in [0.15, 0.2) is 0 Å². The molecular weight excluding hydrogens is 466 g/mol. The Bertz CT molecular complexity index is 1240. The Balaban J connectivity index is 1.36. The number of hydrogen-bond acceptors (Lipinski definition) is 3. The first-order chi connectivity index (χ1) is 15.7. The number of fused-ring (bicyclic) bond motifs is 1. The Morgan fingerprint density at radius 1 is 1.00 bits per heavy atom. The molecule has 0 saturated carbocycles. The van der Waals surface area contributed by atoms with Crippen molar-refractivity contribution in [3.63, 3.8) is 0 Å². The molecule has 0 bridgehead atoms. The molecule has 0 radical (unpaired) electrons. The number of anilines is 1. The second kappa shape index (κ2) is 9.17. The predicted molar refractivity (Wildman–Crippen MR) is 130 cm³/mol. The number of halogens is 1. The van der Waals surface area contributed by atoms with Crippen LogP contribution >= 0.6 is 15.9 Å². The summed E-state index contributed by atoms with van der Waals surface area (Å²) in [6.07, 6.45) is 1.33. The summed E-state index contributed by atoms with van der Waals surface area (Å²) in [7, 11) is 0. The molecule has 1 saturated heterocycles. The summed E-state index contributed by atoms with van der Waals surface area (Å²) in [5.74, 6) is 2.06. The van der Waals surface area contributed by atoms with Crippen LogP contribution < -0.4 is 9.64 Å². The molecule has 6 heteroatoms. The number of ether oxygens (including phenoxy) is 1. The molecule has 1 aliphatic rings. The number of amides is 1. The highest BCUT2D eigenvalue weighted by molar-refractivity contribution is 9.10. The molecule has 162 valence electrons. The van der Waals surface area contributed by atoms with Gasteiger partial charge in [-0.25, -0.2) is 4.98 Å². The molecule has 0 N–H and O–H groups in total. The van der Waals surface area contributed by atoms with Crippen LogP contribution in [0.15, 0.2) is 83.3 Å². The number of rotatable bonds is 7. The zero-order valence-corrected chi connectivity index (χ0v) is 19.2. The van der Waals surface area contributed by atoms with Crippen molar-refractivity contribution in [2.75, 3.05) is 18.1 Å². The summed E-state index contributed by atoms with van der Waals surface area (Å²) in [4.78, 5) is 19.7. The quantitative estimate of drug-likeness (QED) is 0.308. The molecule has 1 aliphatic heterocycles. The fraction of sp³-hybridized carbons (Fsp3) is 0.231. The summed E-state index contributed by atoms with van der Waals surface area (Å²) in [6.45, 7) is 2.06. The molecule has 5 rings (SSSR count). The molecule has 2 heterocycles. The molecule has 1 unspecified atom stereocenters. The van der Waals surface area contributed by atoms with Crippen molar-refractivity contribution in [3.8, 4) is 5.75 Å². The van der Waals surface area contributed by atoms with Crippen LogP contribution in [0.1, 0.15) is 24.6 Å². The maximum absolute atomic E-state index is 12.9. The average Bonchev–Trinajstić information content (AvgIpc) is 3.38. The van der Waals surface area contributed by atoms with E-state index in [1.807, 2.05) is 77.7 Å². The third-order valence-corrected chi connectivity index (χ3v) is 6.33. The van der Waals surface area contributed by atoms with Gasteiger partial charge in [-0.1, -0.05) is 52.3 Å². The lowest BCUT2D eigenvalue weighted by Crippen LogP contribution is -2.24. The van der Waals surface area contributed by atoms with Crippen LogP contribution in [0.5, 0.6) is 5.75 Å². The summed E-state index contributed by atoms with van der Waals surface area (Å²) in [5, 5.41) is 0. The molecule has 1 fully saturated rings. The third-order valence-electron chi connectivity index (χ3n) is 5.83. The first-order valence-corrected chi connectivity index (χ1v) is 11.7. The molecular formula is C26H24BrN3O2. The molecule has 4 aromatic rings. The van der Waals surface area contributed by atoms with Crippen LogP contribution in [-0.4, -0.2) is 28.6 Å². The van der Waals surface area contributed by atoms with Gasteiger partial charge in [0.1, 0.15) is 11.6 Å². The summed E-state index contributed by atoms with van der Waals surface area (Å²) < 4.78 is 9.12. The minimum absolute atomic E-state index is 0.0592. The fourth-order valence-corrected chi connectivity index (χ4v) is 4.73. The van der Waals surface area contributed by atoms with Gasteiger partial charge in [0, 0.05) is 35.6 Å². The minimum atomic E-state index is 0.0592. The van der Waals surface area contributed by atoms with Gasteiger partial charge in [0.05, 0.1) is 17.6 Å². The Kier molecular flexibility index (Phi) is 5.95. The summed E-state index contributed by atoms with van der Waals surface area (Å²) in [5.41, 5.74) is 3.00. The van der Waals surface area contributed by atoms with E-state index in [1.54, 1.807) is 0 Å². The number of hydrogen-bond donors (Lipinski definition) is 0. The van der Waals surface area contributed by atoms with E-state index in [4.69, 9.17) is 9.72 Å². The van der Waals surface area contributed by atoms with E-state index in [0.29, 0.717) is 19.6 Å². The first kappa shape index (κ1) is 20.8. The number of benzene rings is 3. The van der Waals surface area contributed by atoms with E-state index < -0.39 is 0 Å². The van der Waals surface area contributed by atoms with Crippen molar-refractivity contribution in [3.05, 3.63) is 89.2 Å². The zero-order valence-electron chi connectivity index (χ0n) is 17.7. The van der Waals surface area contributed by atoms with E-state index >= 15 is 0 Å². The molecule has 5 nitrogen and oxygen atoms in total. The molecule has 1 amide bonds. The van der Waals surface area contributed by atoms with E-state index in [-0.39, 0.29) is 11.8 Å². The van der Waals surface area contributed by atoms with Crippen LogP contribution in [0.25, 0.3) is 11.0 Å². The van der Waals surface area contributed by atoms with Crippen molar-refractivity contribution in [1.82, 2.24) is 9.55 Å². The lowest BCUT2D eigenvalue weighted by molar-refractivity contribution is -0.117. The van der Waals surface area contributed by atoms with Gasteiger partial charge in [0.25, 0.3) is 0 Å². The third kappa shape index (κ3) is 4.28. The van der Waals surface area contributed by atoms with Gasteiger partial charge in [0.2, 0.25) is 5.91 Å². The number of para-hydroxylation sites is 3. The van der Waals surface area contributed by atoms with Crippen LogP contribution in [-0.2, 0) is 11.3 Å². The number of aromatic nitrogens is 2. The molecule has 32 heavy (non-hydrogen) atoms. The van der Waals surface area contributed by atoms with Gasteiger partial charge in [-0.3, -0.25) is 4.79 Å². The Morgan fingerprint density at radius 3 is 2.66 bits per heavy atom. The number of imidazole rings is 1. The second-order valence-corrected chi connectivity index (χ2v) is 8.93. The highest BCUT2D eigenvalue weighted by atomic mass is 79.9. The van der Waals surface area contributed by atoms with Crippen molar-refractivity contribution in [1.29, 1.82) is 0 Å². The monoisotopic (exact) mass is 489 g/mol. The Labute approximate surface area is 195 Å². The van der Waals surface area contributed by atoms with E-state index in [9.17, 15) is 4.79 Å². The van der Waals surface area contributed by atoms with Gasteiger partial charge >= 0.3 is 0 Å². The second-order valence-electron chi connectivity index (χ2n) is 8.01.